The first kappa shape index (κ1) is 19.9. The SMILES string of the molecule is COc1ccccc1OCC(=O)N1CC[C@@H](Oc2cc(F)cc(F)c2)[C@H](O)C1. The number of likely N-dealkylation sites (tertiary alicyclic amines) is 1. The fourth-order valence-electron chi connectivity index (χ4n) is 3.01. The van der Waals surface area contributed by atoms with Crippen LogP contribution in [0.25, 0.3) is 0 Å². The first-order valence-electron chi connectivity index (χ1n) is 8.80. The summed E-state index contributed by atoms with van der Waals surface area (Å²) in [6.07, 6.45) is -1.34. The number of piperidine rings is 1. The maximum absolute atomic E-state index is 13.3. The van der Waals surface area contributed by atoms with E-state index in [1.807, 2.05) is 0 Å². The van der Waals surface area contributed by atoms with E-state index >= 15 is 0 Å². The number of hydrogen-bond donors (Lipinski definition) is 1. The summed E-state index contributed by atoms with van der Waals surface area (Å²) >= 11 is 0. The molecular weight excluding hydrogens is 372 g/mol. The van der Waals surface area contributed by atoms with Crippen LogP contribution in [0.5, 0.6) is 17.2 Å². The highest BCUT2D eigenvalue weighted by Gasteiger charge is 2.32. The van der Waals surface area contributed by atoms with Crippen molar-refractivity contribution in [3.63, 3.8) is 0 Å². The smallest absolute Gasteiger partial charge is 0.260 e. The van der Waals surface area contributed by atoms with Crippen molar-refractivity contribution in [3.05, 3.63) is 54.1 Å². The topological polar surface area (TPSA) is 68.2 Å². The standard InChI is InChI=1S/C20H21F2NO5/c1-26-18-4-2-3-5-19(18)27-12-20(25)23-7-6-17(16(24)11-23)28-15-9-13(21)8-14(22)10-15/h2-5,8-10,16-17,24H,6-7,11-12H2,1H3/t16-,17-/m1/s1. The molecule has 6 nitrogen and oxygen atoms in total. The molecule has 1 aliphatic rings. The lowest BCUT2D eigenvalue weighted by atomic mass is 10.0. The molecule has 150 valence electrons. The Labute approximate surface area is 161 Å². The number of benzene rings is 2. The van der Waals surface area contributed by atoms with Crippen molar-refractivity contribution in [2.75, 3.05) is 26.8 Å². The van der Waals surface area contributed by atoms with Crippen LogP contribution in [0.1, 0.15) is 6.42 Å². The molecule has 0 bridgehead atoms. The van der Waals surface area contributed by atoms with Crippen molar-refractivity contribution in [2.24, 2.45) is 0 Å². The number of aliphatic hydroxyl groups excluding tert-OH is 1. The molecule has 8 heteroatoms. The zero-order chi connectivity index (χ0) is 20.1. The molecule has 2 aromatic carbocycles. The number of carbonyl (C=O) groups is 1. The monoisotopic (exact) mass is 393 g/mol. The first-order valence-corrected chi connectivity index (χ1v) is 8.80. The lowest BCUT2D eigenvalue weighted by Gasteiger charge is -2.35. The molecule has 0 radical (unpaired) electrons. The van der Waals surface area contributed by atoms with E-state index in [9.17, 15) is 18.7 Å². The Morgan fingerprint density at radius 1 is 1.18 bits per heavy atom. The molecule has 0 saturated carbocycles. The second-order valence-corrected chi connectivity index (χ2v) is 6.40. The summed E-state index contributed by atoms with van der Waals surface area (Å²) in [5, 5.41) is 10.3. The van der Waals surface area contributed by atoms with Gasteiger partial charge >= 0.3 is 0 Å². The third-order valence-corrected chi connectivity index (χ3v) is 4.42. The number of nitrogens with zero attached hydrogens (tertiary/aromatic N) is 1. The van der Waals surface area contributed by atoms with Gasteiger partial charge in [0.2, 0.25) is 0 Å². The van der Waals surface area contributed by atoms with E-state index in [0.29, 0.717) is 24.5 Å². The molecule has 2 atom stereocenters. The molecule has 1 N–H and O–H groups in total. The Bertz CT molecular complexity index is 812. The third-order valence-electron chi connectivity index (χ3n) is 4.42. The fraction of sp³-hybridized carbons (Fsp3) is 0.350. The summed E-state index contributed by atoms with van der Waals surface area (Å²) < 4.78 is 42.7. The highest BCUT2D eigenvalue weighted by atomic mass is 19.1. The summed E-state index contributed by atoms with van der Waals surface area (Å²) in [5.74, 6) is -0.841. The second-order valence-electron chi connectivity index (χ2n) is 6.40. The predicted molar refractivity (Wildman–Crippen MR) is 96.5 cm³/mol. The van der Waals surface area contributed by atoms with Gasteiger partial charge in [0.25, 0.3) is 5.91 Å². The summed E-state index contributed by atoms with van der Waals surface area (Å²) in [6.45, 7) is 0.165. The minimum atomic E-state index is -0.990. The van der Waals surface area contributed by atoms with Crippen molar-refractivity contribution in [3.8, 4) is 17.2 Å². The third kappa shape index (κ3) is 4.89. The number of β-amino-alcohol motifs (C(OH)–C–C–N with tert-alkyl or cyclic N) is 1. The average molecular weight is 393 g/mol. The van der Waals surface area contributed by atoms with Crippen LogP contribution in [0.15, 0.2) is 42.5 Å². The van der Waals surface area contributed by atoms with Crippen molar-refractivity contribution in [1.82, 2.24) is 4.90 Å². The molecule has 3 rings (SSSR count). The minimum absolute atomic E-state index is 0.000771. The van der Waals surface area contributed by atoms with Crippen molar-refractivity contribution in [1.29, 1.82) is 0 Å². The average Bonchev–Trinajstić information content (AvgIpc) is 2.67. The highest BCUT2D eigenvalue weighted by Crippen LogP contribution is 2.26. The number of aliphatic hydroxyl groups is 1. The Morgan fingerprint density at radius 3 is 2.50 bits per heavy atom. The second kappa shape index (κ2) is 8.88. The molecular formula is C20H21F2NO5. The zero-order valence-corrected chi connectivity index (χ0v) is 15.3. The van der Waals surface area contributed by atoms with Crippen molar-refractivity contribution in [2.45, 2.75) is 18.6 Å². The van der Waals surface area contributed by atoms with Gasteiger partial charge < -0.3 is 24.2 Å². The number of ether oxygens (including phenoxy) is 3. The van der Waals surface area contributed by atoms with Gasteiger partial charge in [-0.05, 0) is 12.1 Å². The van der Waals surface area contributed by atoms with E-state index in [1.165, 1.54) is 12.0 Å². The molecule has 0 unspecified atom stereocenters. The Hall–Kier alpha value is -2.87. The van der Waals surface area contributed by atoms with Crippen LogP contribution in [0.4, 0.5) is 8.78 Å². The van der Waals surface area contributed by atoms with Crippen LogP contribution in [-0.2, 0) is 4.79 Å². The van der Waals surface area contributed by atoms with E-state index in [4.69, 9.17) is 14.2 Å². The summed E-state index contributed by atoms with van der Waals surface area (Å²) in [5.41, 5.74) is 0. The molecule has 1 saturated heterocycles. The Morgan fingerprint density at radius 2 is 1.86 bits per heavy atom. The molecule has 28 heavy (non-hydrogen) atoms. The van der Waals surface area contributed by atoms with Crippen molar-refractivity contribution < 1.29 is 32.9 Å². The van der Waals surface area contributed by atoms with Gasteiger partial charge in [-0.25, -0.2) is 8.78 Å². The molecule has 2 aromatic rings. The van der Waals surface area contributed by atoms with Gasteiger partial charge in [0.05, 0.1) is 13.7 Å². The van der Waals surface area contributed by atoms with Gasteiger partial charge in [0.1, 0.15) is 29.6 Å². The molecule has 1 amide bonds. The maximum atomic E-state index is 13.3. The Balaban J connectivity index is 1.53. The van der Waals surface area contributed by atoms with Gasteiger partial charge in [-0.3, -0.25) is 4.79 Å². The summed E-state index contributed by atoms with van der Waals surface area (Å²) in [7, 11) is 1.51. The largest absolute Gasteiger partial charge is 0.493 e. The molecule has 1 heterocycles. The van der Waals surface area contributed by atoms with Gasteiger partial charge in [0.15, 0.2) is 18.1 Å². The summed E-state index contributed by atoms with van der Waals surface area (Å²) in [6, 6.07) is 9.82. The lowest BCUT2D eigenvalue weighted by Crippen LogP contribution is -2.52. The zero-order valence-electron chi connectivity index (χ0n) is 15.3. The number of methoxy groups -OCH3 is 1. The first-order chi connectivity index (χ1) is 13.5. The lowest BCUT2D eigenvalue weighted by molar-refractivity contribution is -0.139. The van der Waals surface area contributed by atoms with E-state index in [1.54, 1.807) is 24.3 Å². The maximum Gasteiger partial charge on any atom is 0.260 e. The highest BCUT2D eigenvalue weighted by molar-refractivity contribution is 5.78. The Kier molecular flexibility index (Phi) is 6.30. The van der Waals surface area contributed by atoms with Crippen LogP contribution in [0.3, 0.4) is 0 Å². The van der Waals surface area contributed by atoms with Gasteiger partial charge in [-0.1, -0.05) is 12.1 Å². The van der Waals surface area contributed by atoms with Crippen LogP contribution in [0.2, 0.25) is 0 Å². The number of rotatable bonds is 6. The van der Waals surface area contributed by atoms with Crippen LogP contribution in [-0.4, -0.2) is 54.9 Å². The fourth-order valence-corrected chi connectivity index (χ4v) is 3.01. The molecule has 0 spiro atoms. The van der Waals surface area contributed by atoms with Gasteiger partial charge in [-0.2, -0.15) is 0 Å². The number of amides is 1. The number of carbonyl (C=O) groups excluding carboxylic acids is 1. The molecule has 0 aliphatic carbocycles. The van der Waals surface area contributed by atoms with E-state index < -0.39 is 23.8 Å². The van der Waals surface area contributed by atoms with Gasteiger partial charge in [0, 0.05) is 31.2 Å². The van der Waals surface area contributed by atoms with E-state index in [0.717, 1.165) is 18.2 Å². The van der Waals surface area contributed by atoms with Crippen LogP contribution >= 0.6 is 0 Å². The normalized spacial score (nSPS) is 19.2. The quantitative estimate of drug-likeness (QED) is 0.816. The number of halogens is 2. The molecule has 0 aromatic heterocycles. The molecule has 1 aliphatic heterocycles. The minimum Gasteiger partial charge on any atom is -0.493 e. The van der Waals surface area contributed by atoms with Crippen LogP contribution < -0.4 is 14.2 Å². The van der Waals surface area contributed by atoms with Crippen LogP contribution in [0, 0.1) is 11.6 Å². The van der Waals surface area contributed by atoms with Gasteiger partial charge in [-0.15, -0.1) is 0 Å². The molecule has 1 fully saturated rings. The van der Waals surface area contributed by atoms with E-state index in [2.05, 4.69) is 0 Å². The number of hydrogen-bond acceptors (Lipinski definition) is 5. The predicted octanol–water partition coefficient (Wildman–Crippen LogP) is 2.39. The summed E-state index contributed by atoms with van der Waals surface area (Å²) in [4.78, 5) is 13.8. The van der Waals surface area contributed by atoms with Crippen molar-refractivity contribution >= 4 is 5.91 Å². The van der Waals surface area contributed by atoms with E-state index in [-0.39, 0.29) is 24.8 Å². The number of para-hydroxylation sites is 2.